The number of hydrogen-bond donors (Lipinski definition) is 2. The Morgan fingerprint density at radius 3 is 2.78 bits per heavy atom. The summed E-state index contributed by atoms with van der Waals surface area (Å²) in [5.41, 5.74) is 2.22. The van der Waals surface area contributed by atoms with Crippen molar-refractivity contribution in [3.05, 3.63) is 42.7 Å². The Kier molecular flexibility index (Phi) is 4.50. The Labute approximate surface area is 107 Å². The van der Waals surface area contributed by atoms with Crippen LogP contribution in [-0.2, 0) is 6.54 Å². The molecule has 0 amide bonds. The molecule has 1 aromatic carbocycles. The van der Waals surface area contributed by atoms with Crippen LogP contribution in [0.3, 0.4) is 0 Å². The van der Waals surface area contributed by atoms with Crippen LogP contribution in [0.1, 0.15) is 6.92 Å². The van der Waals surface area contributed by atoms with E-state index >= 15 is 0 Å². The van der Waals surface area contributed by atoms with Crippen LogP contribution in [0, 0.1) is 0 Å². The molecule has 0 fully saturated rings. The van der Waals surface area contributed by atoms with Crippen molar-refractivity contribution < 1.29 is 5.11 Å². The summed E-state index contributed by atoms with van der Waals surface area (Å²) in [4.78, 5) is 0. The number of aliphatic hydroxyl groups excluding tert-OH is 1. The van der Waals surface area contributed by atoms with E-state index in [1.165, 1.54) is 0 Å². The number of rotatable bonds is 6. The topological polar surface area (TPSA) is 50.1 Å². The normalized spacial score (nSPS) is 12.6. The van der Waals surface area contributed by atoms with Gasteiger partial charge in [-0.25, -0.2) is 0 Å². The Morgan fingerprint density at radius 2 is 2.06 bits per heavy atom. The molecule has 2 rings (SSSR count). The highest BCUT2D eigenvalue weighted by atomic mass is 16.3. The van der Waals surface area contributed by atoms with Gasteiger partial charge >= 0.3 is 0 Å². The van der Waals surface area contributed by atoms with E-state index in [1.54, 1.807) is 4.68 Å². The molecule has 1 unspecified atom stereocenters. The molecule has 0 saturated heterocycles. The summed E-state index contributed by atoms with van der Waals surface area (Å²) in [5.74, 6) is 0. The van der Waals surface area contributed by atoms with Gasteiger partial charge < -0.3 is 10.4 Å². The molecule has 0 radical (unpaired) electrons. The molecule has 0 aliphatic rings. The molecule has 4 heteroatoms. The van der Waals surface area contributed by atoms with E-state index in [-0.39, 0.29) is 0 Å². The van der Waals surface area contributed by atoms with Crippen molar-refractivity contribution >= 4 is 0 Å². The van der Waals surface area contributed by atoms with Gasteiger partial charge in [-0.2, -0.15) is 5.10 Å². The Balaban J connectivity index is 1.98. The highest BCUT2D eigenvalue weighted by Gasteiger charge is 2.06. The average Bonchev–Trinajstić information content (AvgIpc) is 2.86. The molecule has 1 aromatic heterocycles. The number of likely N-dealkylation sites (N-methyl/N-ethyl adjacent to an activating group) is 1. The zero-order valence-electron chi connectivity index (χ0n) is 10.6. The third-order valence-corrected chi connectivity index (χ3v) is 2.77. The van der Waals surface area contributed by atoms with Gasteiger partial charge in [0.15, 0.2) is 0 Å². The number of hydrogen-bond acceptors (Lipinski definition) is 3. The van der Waals surface area contributed by atoms with Crippen LogP contribution in [0.15, 0.2) is 42.7 Å². The molecule has 0 spiro atoms. The van der Waals surface area contributed by atoms with E-state index in [0.717, 1.165) is 17.7 Å². The molecule has 1 heterocycles. The maximum Gasteiger partial charge on any atom is 0.0860 e. The fourth-order valence-electron chi connectivity index (χ4n) is 1.83. The molecule has 0 saturated carbocycles. The summed E-state index contributed by atoms with van der Waals surface area (Å²) < 4.78 is 1.78. The number of nitrogens with zero attached hydrogens (tertiary/aromatic N) is 2. The predicted octanol–water partition coefficient (Wildman–Crippen LogP) is 1.52. The zero-order valence-corrected chi connectivity index (χ0v) is 10.6. The lowest BCUT2D eigenvalue weighted by molar-refractivity contribution is 0.147. The minimum Gasteiger partial charge on any atom is -0.390 e. The van der Waals surface area contributed by atoms with Crippen LogP contribution in [0.5, 0.6) is 0 Å². The molecule has 1 atom stereocenters. The summed E-state index contributed by atoms with van der Waals surface area (Å²) in [6.45, 7) is 4.00. The first-order valence-corrected chi connectivity index (χ1v) is 6.26. The molecule has 96 valence electrons. The van der Waals surface area contributed by atoms with E-state index in [1.807, 2.05) is 37.5 Å². The van der Waals surface area contributed by atoms with Crippen molar-refractivity contribution in [3.63, 3.8) is 0 Å². The second-order valence-electron chi connectivity index (χ2n) is 4.28. The Hall–Kier alpha value is -1.65. The van der Waals surface area contributed by atoms with E-state index in [2.05, 4.69) is 22.5 Å². The van der Waals surface area contributed by atoms with E-state index < -0.39 is 6.10 Å². The van der Waals surface area contributed by atoms with Crippen LogP contribution in [-0.4, -0.2) is 34.1 Å². The number of aromatic nitrogens is 2. The summed E-state index contributed by atoms with van der Waals surface area (Å²) in [5, 5.41) is 17.2. The average molecular weight is 245 g/mol. The van der Waals surface area contributed by atoms with Crippen LogP contribution in [0.4, 0.5) is 0 Å². The molecular weight excluding hydrogens is 226 g/mol. The van der Waals surface area contributed by atoms with Gasteiger partial charge in [-0.1, -0.05) is 37.3 Å². The fraction of sp³-hybridized carbons (Fsp3) is 0.357. The number of nitrogens with one attached hydrogen (secondary N) is 1. The maximum absolute atomic E-state index is 9.79. The Morgan fingerprint density at radius 1 is 1.28 bits per heavy atom. The number of aliphatic hydroxyl groups is 1. The summed E-state index contributed by atoms with van der Waals surface area (Å²) in [7, 11) is 0. The van der Waals surface area contributed by atoms with Gasteiger partial charge in [0.2, 0.25) is 0 Å². The van der Waals surface area contributed by atoms with Gasteiger partial charge in [0.25, 0.3) is 0 Å². The second-order valence-corrected chi connectivity index (χ2v) is 4.28. The first-order chi connectivity index (χ1) is 8.79. The van der Waals surface area contributed by atoms with Crippen molar-refractivity contribution in [2.75, 3.05) is 13.1 Å². The third-order valence-electron chi connectivity index (χ3n) is 2.77. The van der Waals surface area contributed by atoms with Crippen molar-refractivity contribution in [1.29, 1.82) is 0 Å². The lowest BCUT2D eigenvalue weighted by Gasteiger charge is -2.10. The summed E-state index contributed by atoms with van der Waals surface area (Å²) in [6.07, 6.45) is 3.38. The quantitative estimate of drug-likeness (QED) is 0.811. The fourth-order valence-corrected chi connectivity index (χ4v) is 1.83. The Bertz CT molecular complexity index is 467. The lowest BCUT2D eigenvalue weighted by Crippen LogP contribution is -2.30. The smallest absolute Gasteiger partial charge is 0.0860 e. The second kappa shape index (κ2) is 6.33. The standard InChI is InChI=1S/C14H19N3O/c1-2-15-9-14(18)11-17-10-13(8-16-17)12-6-4-3-5-7-12/h3-8,10,14-15,18H,2,9,11H2,1H3. The first-order valence-electron chi connectivity index (χ1n) is 6.26. The SMILES string of the molecule is CCNCC(O)Cn1cc(-c2ccccc2)cn1. The molecule has 18 heavy (non-hydrogen) atoms. The van der Waals surface area contributed by atoms with Crippen molar-refractivity contribution in [2.45, 2.75) is 19.6 Å². The largest absolute Gasteiger partial charge is 0.390 e. The number of benzene rings is 1. The highest BCUT2D eigenvalue weighted by molar-refractivity contribution is 5.61. The van der Waals surface area contributed by atoms with Gasteiger partial charge in [0, 0.05) is 18.3 Å². The van der Waals surface area contributed by atoms with Gasteiger partial charge in [-0.3, -0.25) is 4.68 Å². The van der Waals surface area contributed by atoms with Crippen molar-refractivity contribution in [3.8, 4) is 11.1 Å². The summed E-state index contributed by atoms with van der Waals surface area (Å²) >= 11 is 0. The molecule has 2 aromatic rings. The monoisotopic (exact) mass is 245 g/mol. The van der Waals surface area contributed by atoms with Gasteiger partial charge in [-0.15, -0.1) is 0 Å². The predicted molar refractivity (Wildman–Crippen MR) is 72.2 cm³/mol. The molecule has 4 nitrogen and oxygen atoms in total. The van der Waals surface area contributed by atoms with E-state index in [9.17, 15) is 5.11 Å². The lowest BCUT2D eigenvalue weighted by atomic mass is 10.1. The molecule has 0 aliphatic heterocycles. The van der Waals surface area contributed by atoms with Crippen molar-refractivity contribution in [1.82, 2.24) is 15.1 Å². The molecular formula is C14H19N3O. The zero-order chi connectivity index (χ0) is 12.8. The van der Waals surface area contributed by atoms with Crippen LogP contribution in [0.2, 0.25) is 0 Å². The van der Waals surface area contributed by atoms with Gasteiger partial charge in [-0.05, 0) is 12.1 Å². The van der Waals surface area contributed by atoms with Crippen LogP contribution in [0.25, 0.3) is 11.1 Å². The minimum atomic E-state index is -0.409. The molecule has 0 aliphatic carbocycles. The summed E-state index contributed by atoms with van der Waals surface area (Å²) in [6, 6.07) is 10.1. The first kappa shape index (κ1) is 12.8. The van der Waals surface area contributed by atoms with Crippen molar-refractivity contribution in [2.24, 2.45) is 0 Å². The molecule has 2 N–H and O–H groups in total. The van der Waals surface area contributed by atoms with Gasteiger partial charge in [0.05, 0.1) is 18.8 Å². The molecule has 0 bridgehead atoms. The third kappa shape index (κ3) is 3.42. The highest BCUT2D eigenvalue weighted by Crippen LogP contribution is 2.17. The van der Waals surface area contributed by atoms with E-state index in [0.29, 0.717) is 13.1 Å². The van der Waals surface area contributed by atoms with Crippen LogP contribution >= 0.6 is 0 Å². The maximum atomic E-state index is 9.79. The van der Waals surface area contributed by atoms with E-state index in [4.69, 9.17) is 0 Å². The minimum absolute atomic E-state index is 0.409. The van der Waals surface area contributed by atoms with Gasteiger partial charge in [0.1, 0.15) is 0 Å². The van der Waals surface area contributed by atoms with Crippen LogP contribution < -0.4 is 5.32 Å².